The van der Waals surface area contributed by atoms with E-state index in [0.717, 1.165) is 18.2 Å². The minimum Gasteiger partial charge on any atom is -0.507 e. The highest BCUT2D eigenvalue weighted by Gasteiger charge is 2.46. The van der Waals surface area contributed by atoms with Crippen LogP contribution in [0.2, 0.25) is 0 Å². The molecule has 0 fully saturated rings. The molecule has 2 aromatic rings. The summed E-state index contributed by atoms with van der Waals surface area (Å²) < 4.78 is 40.7. The average molecular weight is 613 g/mol. The summed E-state index contributed by atoms with van der Waals surface area (Å²) in [5.74, 6) is -5.56. The number of anilines is 2. The molecule has 0 saturated heterocycles. The second-order valence-electron chi connectivity index (χ2n) is 8.22. The fourth-order valence-electron chi connectivity index (χ4n) is 4.09. The molecule has 0 unspecified atom stereocenters. The Hall–Kier alpha value is -3.14. The Bertz CT molecular complexity index is 1230. The van der Waals surface area contributed by atoms with Crippen molar-refractivity contribution in [2.24, 2.45) is 0 Å². The first-order valence-electron chi connectivity index (χ1n) is 11.6. The highest BCUT2D eigenvalue weighted by atomic mass is 35.5. The number of nitrogens with zero attached hydrogens (tertiary/aromatic N) is 1. The molecule has 0 aromatic heterocycles. The minimum atomic E-state index is -5.32. The monoisotopic (exact) mass is 612 g/mol. The van der Waals surface area contributed by atoms with Gasteiger partial charge in [-0.2, -0.15) is 13.2 Å². The first-order valence-corrected chi connectivity index (χ1v) is 11.6. The topological polar surface area (TPSA) is 171 Å². The van der Waals surface area contributed by atoms with E-state index >= 15 is 0 Å². The lowest BCUT2D eigenvalue weighted by Gasteiger charge is -2.30. The van der Waals surface area contributed by atoms with E-state index in [1.165, 1.54) is 6.07 Å². The van der Waals surface area contributed by atoms with Crippen LogP contribution >= 0.6 is 24.8 Å². The van der Waals surface area contributed by atoms with Crippen LogP contribution in [-0.4, -0.2) is 96.6 Å². The van der Waals surface area contributed by atoms with Crippen LogP contribution in [0.5, 0.6) is 11.5 Å². The van der Waals surface area contributed by atoms with Crippen LogP contribution in [0, 0.1) is 0 Å². The molecule has 0 saturated carbocycles. The third-order valence-electron chi connectivity index (χ3n) is 5.74. The van der Waals surface area contributed by atoms with Crippen LogP contribution in [0.3, 0.4) is 0 Å². The lowest BCUT2D eigenvalue weighted by atomic mass is 9.81. The quantitative estimate of drug-likeness (QED) is 0.116. The van der Waals surface area contributed by atoms with Crippen molar-refractivity contribution in [3.8, 4) is 11.5 Å². The number of aliphatic hydroxyl groups excluding tert-OH is 2. The molecular formula is C24H29Cl2F3N4O7. The van der Waals surface area contributed by atoms with Crippen LogP contribution in [0.1, 0.15) is 31.8 Å². The predicted molar refractivity (Wildman–Crippen MR) is 144 cm³/mol. The summed E-state index contributed by atoms with van der Waals surface area (Å²) in [5.41, 5.74) is -2.48. The van der Waals surface area contributed by atoms with E-state index in [4.69, 9.17) is 10.2 Å². The molecule has 1 aliphatic carbocycles. The van der Waals surface area contributed by atoms with E-state index in [1.54, 1.807) is 0 Å². The number of phenols is 2. The summed E-state index contributed by atoms with van der Waals surface area (Å²) in [6.45, 7) is -0.344. The normalized spacial score (nSPS) is 12.1. The molecule has 40 heavy (non-hydrogen) atoms. The summed E-state index contributed by atoms with van der Waals surface area (Å²) in [4.78, 5) is 39.9. The van der Waals surface area contributed by atoms with Crippen molar-refractivity contribution in [2.75, 3.05) is 62.7 Å². The van der Waals surface area contributed by atoms with Gasteiger partial charge in [0.25, 0.3) is 0 Å². The largest absolute Gasteiger partial charge is 0.507 e. The van der Waals surface area contributed by atoms with Crippen LogP contribution in [0.25, 0.3) is 0 Å². The average Bonchev–Trinajstić information content (AvgIpc) is 2.87. The van der Waals surface area contributed by atoms with E-state index < -0.39 is 64.1 Å². The van der Waals surface area contributed by atoms with Crippen LogP contribution in [-0.2, 0) is 4.79 Å². The molecule has 0 bridgehead atoms. The molecule has 0 heterocycles. The van der Waals surface area contributed by atoms with Crippen LogP contribution < -0.4 is 20.9 Å². The number of halogens is 5. The Balaban J connectivity index is 0.00000400. The number of nitrogens with one attached hydrogen (secondary N) is 3. The summed E-state index contributed by atoms with van der Waals surface area (Å²) >= 11 is 0. The number of carbonyl (C=O) groups is 3. The standard InChI is InChI=1S/C24H27F3N4O7.2ClH/c25-24(26,27)23(38)31(10-7-29-9-12-33)14-2-1-13(30-6-5-28-8-11-32)17-18(14)22(37)20-16(35)4-3-15(34)19(20)21(17)36;;/h1-4,28-30,32-35H,5-12H2;2*1H. The van der Waals surface area contributed by atoms with Gasteiger partial charge >= 0.3 is 12.1 Å². The van der Waals surface area contributed by atoms with Gasteiger partial charge in [0, 0.05) is 45.0 Å². The van der Waals surface area contributed by atoms with E-state index in [9.17, 15) is 37.8 Å². The van der Waals surface area contributed by atoms with Gasteiger partial charge in [-0.3, -0.25) is 14.4 Å². The molecule has 11 nitrogen and oxygen atoms in total. The molecule has 0 aliphatic heterocycles. The lowest BCUT2D eigenvalue weighted by Crippen LogP contribution is -2.45. The van der Waals surface area contributed by atoms with Gasteiger partial charge < -0.3 is 41.3 Å². The fourth-order valence-corrected chi connectivity index (χ4v) is 4.09. The summed E-state index contributed by atoms with van der Waals surface area (Å²) in [5, 5.41) is 46.9. The lowest BCUT2D eigenvalue weighted by molar-refractivity contribution is -0.170. The SMILES string of the molecule is Cl.Cl.O=C1c2c(O)ccc(O)c2C(=O)c2c(N(CCNCCO)C(=O)C(F)(F)F)ccc(NCCNCCO)c21. The number of hydrogen-bond acceptors (Lipinski definition) is 10. The van der Waals surface area contributed by atoms with Gasteiger partial charge in [-0.05, 0) is 24.3 Å². The van der Waals surface area contributed by atoms with Crippen molar-refractivity contribution in [3.63, 3.8) is 0 Å². The fraction of sp³-hybridized carbons (Fsp3) is 0.375. The Morgan fingerprint density at radius 2 is 1.27 bits per heavy atom. The van der Waals surface area contributed by atoms with E-state index in [1.807, 2.05) is 0 Å². The predicted octanol–water partition coefficient (Wildman–Crippen LogP) is 1.19. The first-order chi connectivity index (χ1) is 18.0. The molecule has 7 N–H and O–H groups in total. The number of phenolic OH excluding ortho intramolecular Hbond substituents is 2. The third-order valence-corrected chi connectivity index (χ3v) is 5.74. The second kappa shape index (κ2) is 15.0. The molecule has 1 aliphatic rings. The van der Waals surface area contributed by atoms with Gasteiger partial charge in [-0.15, -0.1) is 24.8 Å². The number of ketones is 2. The number of carbonyl (C=O) groups excluding carboxylic acids is 3. The molecule has 0 spiro atoms. The molecule has 2 aromatic carbocycles. The molecular weight excluding hydrogens is 584 g/mol. The third kappa shape index (κ3) is 7.33. The van der Waals surface area contributed by atoms with Gasteiger partial charge in [0.15, 0.2) is 0 Å². The van der Waals surface area contributed by atoms with Crippen molar-refractivity contribution in [1.82, 2.24) is 10.6 Å². The van der Waals surface area contributed by atoms with Crippen molar-refractivity contribution >= 4 is 53.7 Å². The van der Waals surface area contributed by atoms with E-state index in [0.29, 0.717) is 11.4 Å². The number of aromatic hydroxyl groups is 2. The van der Waals surface area contributed by atoms with Crippen LogP contribution in [0.4, 0.5) is 24.5 Å². The number of fused-ring (bicyclic) bond motifs is 2. The van der Waals surface area contributed by atoms with Gasteiger partial charge in [0.2, 0.25) is 11.6 Å². The van der Waals surface area contributed by atoms with Crippen molar-refractivity contribution in [3.05, 3.63) is 46.5 Å². The maximum atomic E-state index is 13.6. The highest BCUT2D eigenvalue weighted by molar-refractivity contribution is 6.34. The highest BCUT2D eigenvalue weighted by Crippen LogP contribution is 2.43. The molecule has 0 radical (unpaired) electrons. The smallest absolute Gasteiger partial charge is 0.471 e. The van der Waals surface area contributed by atoms with Gasteiger partial charge in [0.1, 0.15) is 11.5 Å². The Morgan fingerprint density at radius 3 is 1.80 bits per heavy atom. The first kappa shape index (κ1) is 34.9. The van der Waals surface area contributed by atoms with Crippen molar-refractivity contribution < 1.29 is 48.0 Å². The number of aliphatic hydroxyl groups is 2. The van der Waals surface area contributed by atoms with Crippen molar-refractivity contribution in [2.45, 2.75) is 6.18 Å². The number of hydrogen-bond donors (Lipinski definition) is 7. The Kier molecular flexibility index (Phi) is 13.1. The number of benzene rings is 2. The molecule has 222 valence electrons. The van der Waals surface area contributed by atoms with E-state index in [-0.39, 0.29) is 75.5 Å². The van der Waals surface area contributed by atoms with Crippen LogP contribution in [0.15, 0.2) is 24.3 Å². The zero-order valence-corrected chi connectivity index (χ0v) is 22.5. The maximum Gasteiger partial charge on any atom is 0.471 e. The summed E-state index contributed by atoms with van der Waals surface area (Å²) in [6.07, 6.45) is -5.32. The molecule has 1 amide bonds. The minimum absolute atomic E-state index is 0. The summed E-state index contributed by atoms with van der Waals surface area (Å²) in [7, 11) is 0. The Morgan fingerprint density at radius 1 is 0.750 bits per heavy atom. The van der Waals surface area contributed by atoms with Gasteiger partial charge in [0.05, 0.1) is 41.2 Å². The zero-order chi connectivity index (χ0) is 28.0. The number of alkyl halides is 3. The molecule has 16 heteroatoms. The molecule has 3 rings (SSSR count). The summed E-state index contributed by atoms with van der Waals surface area (Å²) in [6, 6.07) is 4.31. The number of amides is 1. The van der Waals surface area contributed by atoms with Gasteiger partial charge in [-0.25, -0.2) is 0 Å². The number of rotatable bonds is 12. The van der Waals surface area contributed by atoms with Crippen molar-refractivity contribution in [1.29, 1.82) is 0 Å². The van der Waals surface area contributed by atoms with Gasteiger partial charge in [-0.1, -0.05) is 0 Å². The van der Waals surface area contributed by atoms with E-state index in [2.05, 4.69) is 16.0 Å². The molecule has 0 atom stereocenters. The Labute approximate surface area is 239 Å². The maximum absolute atomic E-state index is 13.6. The zero-order valence-electron chi connectivity index (χ0n) is 20.9. The second-order valence-corrected chi connectivity index (χ2v) is 8.22.